The van der Waals surface area contributed by atoms with Gasteiger partial charge in [-0.1, -0.05) is 173 Å². The summed E-state index contributed by atoms with van der Waals surface area (Å²) >= 11 is 0. The van der Waals surface area contributed by atoms with E-state index < -0.39 is 0 Å². The van der Waals surface area contributed by atoms with Crippen LogP contribution in [0, 0.1) is 58.2 Å². The number of rotatable bonds is 37. The summed E-state index contributed by atoms with van der Waals surface area (Å²) in [5, 5.41) is 0. The maximum absolute atomic E-state index is 6.12. The van der Waals surface area contributed by atoms with E-state index >= 15 is 0 Å². The lowest BCUT2D eigenvalue weighted by molar-refractivity contribution is 0.0801. The van der Waals surface area contributed by atoms with E-state index in [1.165, 1.54) is 122 Å². The van der Waals surface area contributed by atoms with Crippen LogP contribution >= 0.6 is 0 Å². The van der Waals surface area contributed by atoms with Crippen molar-refractivity contribution >= 4 is 0 Å². The van der Waals surface area contributed by atoms with Gasteiger partial charge in [0.15, 0.2) is 0 Å². The minimum atomic E-state index is 0.315. The first-order valence-corrected chi connectivity index (χ1v) is 23.4. The molecule has 0 bridgehead atoms. The predicted molar refractivity (Wildman–Crippen MR) is 234 cm³/mol. The molecule has 6 atom stereocenters. The van der Waals surface area contributed by atoms with Crippen LogP contribution in [0.3, 0.4) is 0 Å². The minimum Gasteiger partial charge on any atom is -0.381 e. The van der Waals surface area contributed by atoms with Gasteiger partial charge in [-0.15, -0.1) is 0 Å². The molecule has 314 valence electrons. The molecule has 0 aromatic carbocycles. The highest BCUT2D eigenvalue weighted by molar-refractivity contribution is 4.83. The van der Waals surface area contributed by atoms with E-state index in [2.05, 4.69) is 90.0 Å². The summed E-state index contributed by atoms with van der Waals surface area (Å²) < 4.78 is 12.1. The monoisotopic (exact) mass is 736 g/mol. The molecule has 3 heteroatoms. The summed E-state index contributed by atoms with van der Waals surface area (Å²) in [6.07, 6.45) is 27.9. The molecule has 0 aromatic rings. The quantitative estimate of drug-likeness (QED) is 0.0646. The minimum absolute atomic E-state index is 0.315. The first-order valence-electron chi connectivity index (χ1n) is 23.4. The van der Waals surface area contributed by atoms with E-state index in [9.17, 15) is 0 Å². The SMILES string of the molecule is CCCCOCCC(C)C(CC(C)(C)CCC(CCCC(C)CCCC(C)C)CC(C)(C)CCOCCCN)C(C)CCCC(C)CCCC(C)C. The number of hydrogen-bond acceptors (Lipinski definition) is 3. The van der Waals surface area contributed by atoms with Gasteiger partial charge in [0.05, 0.1) is 0 Å². The second kappa shape index (κ2) is 31.0. The van der Waals surface area contributed by atoms with Crippen LogP contribution in [0.2, 0.25) is 0 Å². The molecule has 0 aromatic heterocycles. The molecule has 52 heavy (non-hydrogen) atoms. The summed E-state index contributed by atoms with van der Waals surface area (Å²) in [7, 11) is 0. The normalized spacial score (nSPS) is 16.4. The molecule has 0 rings (SSSR count). The lowest BCUT2D eigenvalue weighted by Gasteiger charge is -2.38. The Hall–Kier alpha value is -0.120. The molecule has 0 aliphatic carbocycles. The molecule has 0 heterocycles. The van der Waals surface area contributed by atoms with Crippen LogP contribution in [0.1, 0.15) is 225 Å². The van der Waals surface area contributed by atoms with E-state index in [0.29, 0.717) is 16.7 Å². The summed E-state index contributed by atoms with van der Waals surface area (Å²) in [4.78, 5) is 0. The molecular formula is C49H101NO2. The molecule has 3 nitrogen and oxygen atoms in total. The zero-order valence-corrected chi connectivity index (χ0v) is 38.4. The van der Waals surface area contributed by atoms with Crippen molar-refractivity contribution in [1.29, 1.82) is 0 Å². The third kappa shape index (κ3) is 30.1. The van der Waals surface area contributed by atoms with Crippen LogP contribution in [-0.2, 0) is 9.47 Å². The van der Waals surface area contributed by atoms with E-state index in [4.69, 9.17) is 15.2 Å². The van der Waals surface area contributed by atoms with Gasteiger partial charge in [-0.3, -0.25) is 0 Å². The van der Waals surface area contributed by atoms with E-state index in [1.54, 1.807) is 0 Å². The van der Waals surface area contributed by atoms with E-state index in [-0.39, 0.29) is 0 Å². The third-order valence-corrected chi connectivity index (χ3v) is 12.7. The first kappa shape index (κ1) is 51.9. The maximum Gasteiger partial charge on any atom is 0.0478 e. The van der Waals surface area contributed by atoms with Crippen LogP contribution in [0.4, 0.5) is 0 Å². The Morgan fingerprint density at radius 2 is 0.942 bits per heavy atom. The Morgan fingerprint density at radius 3 is 1.48 bits per heavy atom. The van der Waals surface area contributed by atoms with Gasteiger partial charge >= 0.3 is 0 Å². The molecule has 6 unspecified atom stereocenters. The molecule has 0 saturated carbocycles. The molecular weight excluding hydrogens is 635 g/mol. The van der Waals surface area contributed by atoms with Crippen LogP contribution in [0.15, 0.2) is 0 Å². The summed E-state index contributed by atoms with van der Waals surface area (Å²) in [6, 6.07) is 0. The van der Waals surface area contributed by atoms with E-state index in [1.807, 2.05) is 0 Å². The van der Waals surface area contributed by atoms with Gasteiger partial charge in [0.1, 0.15) is 0 Å². The molecule has 0 spiro atoms. The van der Waals surface area contributed by atoms with Crippen molar-refractivity contribution in [1.82, 2.24) is 0 Å². The Morgan fingerprint density at radius 1 is 0.462 bits per heavy atom. The standard InChI is InChI=1S/C49H101NO2/c1-14-15-34-51-36-30-45(9)47(44(8)27-18-25-42(6)23-16-21-40(2)3)39-48(10,11)31-29-46(28-19-26-43(7)24-17-22-41(4)5)38-49(12,13)32-37-52-35-20-33-50/h40-47H,14-39,50H2,1-13H3. The second-order valence-electron chi connectivity index (χ2n) is 20.7. The van der Waals surface area contributed by atoms with Crippen LogP contribution in [0.25, 0.3) is 0 Å². The van der Waals surface area contributed by atoms with Gasteiger partial charge in [0, 0.05) is 26.4 Å². The van der Waals surface area contributed by atoms with Crippen molar-refractivity contribution in [3.8, 4) is 0 Å². The van der Waals surface area contributed by atoms with Crippen LogP contribution < -0.4 is 5.73 Å². The third-order valence-electron chi connectivity index (χ3n) is 12.7. The van der Waals surface area contributed by atoms with Gasteiger partial charge in [0.25, 0.3) is 0 Å². The highest BCUT2D eigenvalue weighted by atomic mass is 16.5. The Labute approximate surface area is 330 Å². The molecule has 0 radical (unpaired) electrons. The molecule has 0 amide bonds. The van der Waals surface area contributed by atoms with Crippen molar-refractivity contribution in [3.05, 3.63) is 0 Å². The van der Waals surface area contributed by atoms with Gasteiger partial charge in [-0.2, -0.15) is 0 Å². The number of unbranched alkanes of at least 4 members (excludes halogenated alkanes) is 1. The second-order valence-corrected chi connectivity index (χ2v) is 20.7. The predicted octanol–water partition coefficient (Wildman–Crippen LogP) is 15.3. The largest absolute Gasteiger partial charge is 0.381 e. The fourth-order valence-electron chi connectivity index (χ4n) is 8.79. The fourth-order valence-corrected chi connectivity index (χ4v) is 8.79. The van der Waals surface area contributed by atoms with Crippen molar-refractivity contribution in [2.24, 2.45) is 63.9 Å². The fraction of sp³-hybridized carbons (Fsp3) is 1.00. The topological polar surface area (TPSA) is 44.5 Å². The Balaban J connectivity index is 5.54. The molecule has 0 fully saturated rings. The molecule has 2 N–H and O–H groups in total. The van der Waals surface area contributed by atoms with Crippen molar-refractivity contribution in [3.63, 3.8) is 0 Å². The van der Waals surface area contributed by atoms with Gasteiger partial charge in [-0.25, -0.2) is 0 Å². The van der Waals surface area contributed by atoms with Crippen LogP contribution in [-0.4, -0.2) is 33.0 Å². The van der Waals surface area contributed by atoms with Crippen molar-refractivity contribution in [2.75, 3.05) is 33.0 Å². The summed E-state index contributed by atoms with van der Waals surface area (Å²) in [6.45, 7) is 36.4. The lowest BCUT2D eigenvalue weighted by Crippen LogP contribution is -2.28. The maximum atomic E-state index is 6.12. The molecule has 0 saturated heterocycles. The van der Waals surface area contributed by atoms with E-state index in [0.717, 1.165) is 87.2 Å². The Kier molecular flexibility index (Phi) is 31.0. The lowest BCUT2D eigenvalue weighted by atomic mass is 9.68. The molecule has 0 aliphatic rings. The highest BCUT2D eigenvalue weighted by Gasteiger charge is 2.32. The number of ether oxygens (including phenoxy) is 2. The average molecular weight is 736 g/mol. The van der Waals surface area contributed by atoms with Crippen molar-refractivity contribution in [2.45, 2.75) is 225 Å². The number of hydrogen-bond donors (Lipinski definition) is 1. The smallest absolute Gasteiger partial charge is 0.0478 e. The van der Waals surface area contributed by atoms with Gasteiger partial charge < -0.3 is 15.2 Å². The number of nitrogens with two attached hydrogens (primary N) is 1. The molecule has 0 aliphatic heterocycles. The zero-order valence-electron chi connectivity index (χ0n) is 38.4. The van der Waals surface area contributed by atoms with Crippen molar-refractivity contribution < 1.29 is 9.47 Å². The van der Waals surface area contributed by atoms with Crippen LogP contribution in [0.5, 0.6) is 0 Å². The first-order chi connectivity index (χ1) is 24.5. The zero-order chi connectivity index (χ0) is 39.4. The highest BCUT2D eigenvalue weighted by Crippen LogP contribution is 2.43. The summed E-state index contributed by atoms with van der Waals surface area (Å²) in [5.74, 6) is 6.46. The summed E-state index contributed by atoms with van der Waals surface area (Å²) in [5.41, 5.74) is 6.38. The van der Waals surface area contributed by atoms with Gasteiger partial charge in [0.2, 0.25) is 0 Å². The van der Waals surface area contributed by atoms with Gasteiger partial charge in [-0.05, 0) is 116 Å². The average Bonchev–Trinajstić information content (AvgIpc) is 3.05. The Bertz CT molecular complexity index is 775.